The van der Waals surface area contributed by atoms with E-state index in [1.165, 1.54) is 33.5 Å². The molecule has 0 unspecified atom stereocenters. The predicted molar refractivity (Wildman–Crippen MR) is 242 cm³/mol. The van der Waals surface area contributed by atoms with Gasteiger partial charge in [0.25, 0.3) is 0 Å². The molecule has 0 fully saturated rings. The van der Waals surface area contributed by atoms with Gasteiger partial charge in [-0.05, 0) is 62.2 Å². The molecule has 1 aromatic heterocycles. The summed E-state index contributed by atoms with van der Waals surface area (Å²) >= 11 is 0. The number of aromatic nitrogens is 1. The Labute approximate surface area is 431 Å². The van der Waals surface area contributed by atoms with Gasteiger partial charge < -0.3 is 0 Å². The van der Waals surface area contributed by atoms with Crippen LogP contribution in [0.25, 0.3) is 11.3 Å². The lowest BCUT2D eigenvalue weighted by atomic mass is 9.12. The first kappa shape index (κ1) is 61.1. The van der Waals surface area contributed by atoms with E-state index in [1.807, 2.05) is 0 Å². The fraction of sp³-hybridized carbons (Fsp3) is 0.226. The maximum atomic E-state index is 14.2. The minimum atomic E-state index is -6.13. The maximum absolute atomic E-state index is 14.2. The summed E-state index contributed by atoms with van der Waals surface area (Å²) in [5.41, 5.74) is -22.3. The molecule has 0 saturated heterocycles. The van der Waals surface area contributed by atoms with E-state index in [0.29, 0.717) is 0 Å². The van der Waals surface area contributed by atoms with E-state index in [1.54, 1.807) is 0 Å². The second-order valence-corrected chi connectivity index (χ2v) is 18.2. The van der Waals surface area contributed by atoms with Gasteiger partial charge in [0.15, 0.2) is 12.7 Å². The lowest BCUT2D eigenvalue weighted by Crippen LogP contribution is -2.75. The van der Waals surface area contributed by atoms with Gasteiger partial charge in [0.2, 0.25) is 5.69 Å². The number of aryl methyl sites for hydroxylation is 3. The van der Waals surface area contributed by atoms with Crippen molar-refractivity contribution in [3.8, 4) is 11.3 Å². The van der Waals surface area contributed by atoms with Crippen LogP contribution in [0, 0.1) is 20.8 Å². The highest BCUT2D eigenvalue weighted by Crippen LogP contribution is 2.42. The molecule has 0 spiro atoms. The van der Waals surface area contributed by atoms with Crippen molar-refractivity contribution < 1.29 is 110 Å². The smallest absolute Gasteiger partial charge is 0.194 e. The van der Waals surface area contributed by atoms with Crippen LogP contribution >= 0.6 is 0 Å². The summed E-state index contributed by atoms with van der Waals surface area (Å²) in [5, 5.41) is 0. The monoisotopic (exact) mass is 1150 g/mol. The van der Waals surface area contributed by atoms with Crippen LogP contribution in [-0.2, 0) is 56.0 Å². The largest absolute Gasteiger partial charge is 0.416 e. The highest BCUT2D eigenvalue weighted by molar-refractivity contribution is 7.20. The molecule has 0 N–H and O–H groups in total. The minimum absolute atomic E-state index is 0.691. The van der Waals surface area contributed by atoms with Crippen molar-refractivity contribution in [2.75, 3.05) is 0 Å². The van der Waals surface area contributed by atoms with E-state index in [4.69, 9.17) is 0 Å². The number of hydrogen-bond donors (Lipinski definition) is 0. The Balaban J connectivity index is 0.000000378. The van der Waals surface area contributed by atoms with Gasteiger partial charge in [0, 0.05) is 17.7 Å². The highest BCUT2D eigenvalue weighted by atomic mass is 19.4. The molecule has 1 heterocycles. The number of hydrogen-bond acceptors (Lipinski definition) is 0. The zero-order chi connectivity index (χ0) is 59.4. The summed E-state index contributed by atoms with van der Waals surface area (Å²) in [6.07, 6.45) is -52.6. The molecule has 0 bridgehead atoms. The van der Waals surface area contributed by atoms with E-state index in [-0.39, 0.29) is 0 Å². The van der Waals surface area contributed by atoms with E-state index in [0.717, 1.165) is 6.54 Å². The molecule has 0 radical (unpaired) electrons. The van der Waals surface area contributed by atoms with Gasteiger partial charge in [-0.15, -0.1) is 0 Å². The van der Waals surface area contributed by atoms with Gasteiger partial charge in [-0.3, -0.25) is 0 Å². The second-order valence-electron chi connectivity index (χ2n) is 18.2. The fourth-order valence-electron chi connectivity index (χ4n) is 9.28. The fourth-order valence-corrected chi connectivity index (χ4v) is 9.28. The Kier molecular flexibility index (Phi) is 16.4. The van der Waals surface area contributed by atoms with Gasteiger partial charge >= 0.3 is 49.4 Å². The van der Waals surface area contributed by atoms with Crippen LogP contribution in [0.2, 0.25) is 0 Å². The van der Waals surface area contributed by atoms with Crippen molar-refractivity contribution in [3.63, 3.8) is 0 Å². The first-order valence-electron chi connectivity index (χ1n) is 22.4. The lowest BCUT2D eigenvalue weighted by Gasteiger charge is -2.46. The molecule has 0 aliphatic rings. The van der Waals surface area contributed by atoms with E-state index in [9.17, 15) is 105 Å². The van der Waals surface area contributed by atoms with Gasteiger partial charge in [0.05, 0.1) is 50.1 Å². The molecular weight excluding hydrogens is 1120 g/mol. The molecule has 6 aromatic carbocycles. The molecule has 26 heteroatoms. The van der Waals surface area contributed by atoms with Crippen LogP contribution in [0.15, 0.2) is 140 Å². The van der Waals surface area contributed by atoms with E-state index in [2.05, 4.69) is 92.2 Å². The Morgan fingerprint density at radius 1 is 0.316 bits per heavy atom. The third-order valence-electron chi connectivity index (χ3n) is 12.5. The summed E-state index contributed by atoms with van der Waals surface area (Å²) in [6.45, 7) is 7.46. The summed E-state index contributed by atoms with van der Waals surface area (Å²) in [6, 6.07) is 12.8. The third-order valence-corrected chi connectivity index (χ3v) is 12.5. The summed E-state index contributed by atoms with van der Waals surface area (Å²) in [5.74, 6) is 0. The van der Waals surface area contributed by atoms with Crippen molar-refractivity contribution in [3.05, 3.63) is 206 Å². The average Bonchev–Trinajstić information content (AvgIpc) is 3.49. The molecular formula is C53H34BF24N. The molecule has 0 aliphatic carbocycles. The first-order valence-corrected chi connectivity index (χ1v) is 22.4. The normalized spacial score (nSPS) is 13.3. The van der Waals surface area contributed by atoms with Crippen LogP contribution in [0.3, 0.4) is 0 Å². The highest BCUT2D eigenvalue weighted by Gasteiger charge is 2.47. The predicted octanol–water partition coefficient (Wildman–Crippen LogP) is 15.8. The Hall–Kier alpha value is -7.15. The summed E-state index contributed by atoms with van der Waals surface area (Å²) in [7, 11) is 0. The molecule has 422 valence electrons. The van der Waals surface area contributed by atoms with Gasteiger partial charge in [-0.1, -0.05) is 96.6 Å². The second kappa shape index (κ2) is 21.2. The quantitative estimate of drug-likeness (QED) is 0.0851. The SMILES string of the molecule is Cc1cc(C)c(-c2cccc[n+]2Cc2ccccc2)c(C)c1.FC(F)(F)c1cc([B-](c2cc(C(F)(F)F)cc(C(F)(F)F)c2)(c2cc(C(F)(F)F)cc(C(F)(F)F)c2)c2cc(C(F)(F)F)cc(C(F)(F)F)c2)cc(C(F)(F)F)c1. The van der Waals surface area contributed by atoms with Crippen LogP contribution < -0.4 is 26.4 Å². The number of alkyl halides is 24. The van der Waals surface area contributed by atoms with Gasteiger partial charge in [-0.25, -0.2) is 0 Å². The van der Waals surface area contributed by atoms with Crippen LogP contribution in [-0.4, -0.2) is 6.15 Å². The number of pyridine rings is 1. The molecule has 7 aromatic rings. The molecule has 7 rings (SSSR count). The topological polar surface area (TPSA) is 3.88 Å². The Morgan fingerprint density at radius 2 is 0.570 bits per heavy atom. The lowest BCUT2D eigenvalue weighted by molar-refractivity contribution is -0.677. The molecule has 0 saturated carbocycles. The molecule has 0 atom stereocenters. The van der Waals surface area contributed by atoms with Crippen molar-refractivity contribution in [2.45, 2.75) is 76.7 Å². The first-order chi connectivity index (χ1) is 35.9. The number of halogens is 24. The average molecular weight is 1150 g/mol. The third kappa shape index (κ3) is 13.8. The van der Waals surface area contributed by atoms with Crippen LogP contribution in [0.1, 0.15) is 66.8 Å². The molecule has 0 amide bonds. The summed E-state index contributed by atoms with van der Waals surface area (Å²) < 4.78 is 343. The molecule has 79 heavy (non-hydrogen) atoms. The Bertz CT molecular complexity index is 2880. The van der Waals surface area contributed by atoms with Crippen molar-refractivity contribution in [1.82, 2.24) is 0 Å². The van der Waals surface area contributed by atoms with Gasteiger partial charge in [-0.2, -0.15) is 132 Å². The number of rotatable bonds is 7. The number of benzene rings is 6. The van der Waals surface area contributed by atoms with Crippen LogP contribution in [0.4, 0.5) is 105 Å². The van der Waals surface area contributed by atoms with Crippen molar-refractivity contribution in [2.24, 2.45) is 0 Å². The van der Waals surface area contributed by atoms with E-state index < -0.39 is 195 Å². The zero-order valence-electron chi connectivity index (χ0n) is 40.1. The molecule has 0 aliphatic heterocycles. The maximum Gasteiger partial charge on any atom is 0.416 e. The number of nitrogens with zero attached hydrogens (tertiary/aromatic N) is 1. The summed E-state index contributed by atoms with van der Waals surface area (Å²) in [4.78, 5) is 0. The van der Waals surface area contributed by atoms with E-state index >= 15 is 0 Å². The standard InChI is InChI=1S/C32H12BF24.C21H22N/c34-25(35,36)13-1-14(26(37,38)39)6-21(5-13)33(22-7-15(27(40,41)42)2-16(8-22)28(43,44)45,23-9-17(29(46,47)48)3-18(10-23)30(49,50)51)24-11-19(31(52,53)54)4-20(12-24)32(55,56)57;1-16-13-17(2)21(18(3)14-16)20-11-7-8-12-22(20)15-19-9-5-4-6-10-19/h1-12H;4-14H,15H2,1-3H3/q-1;+1. The molecule has 1 nitrogen and oxygen atoms in total. The van der Waals surface area contributed by atoms with Crippen molar-refractivity contribution >= 4 is 28.0 Å². The zero-order valence-corrected chi connectivity index (χ0v) is 40.1. The van der Waals surface area contributed by atoms with Crippen molar-refractivity contribution in [1.29, 1.82) is 0 Å². The Morgan fingerprint density at radius 3 is 0.823 bits per heavy atom. The van der Waals surface area contributed by atoms with Crippen LogP contribution in [0.5, 0.6) is 0 Å². The van der Waals surface area contributed by atoms with Gasteiger partial charge in [0.1, 0.15) is 6.15 Å². The minimum Gasteiger partial charge on any atom is -0.194 e.